The van der Waals surface area contributed by atoms with Gasteiger partial charge in [0.05, 0.1) is 19.9 Å². The van der Waals surface area contributed by atoms with Gasteiger partial charge in [-0.15, -0.1) is 0 Å². The third-order valence-electron chi connectivity index (χ3n) is 3.47. The zero-order valence-corrected chi connectivity index (χ0v) is 17.0. The number of H-pyrrole nitrogens is 1. The van der Waals surface area contributed by atoms with E-state index in [0.717, 1.165) is 5.56 Å². The third-order valence-corrected chi connectivity index (χ3v) is 4.66. The quantitative estimate of drug-likeness (QED) is 0.592. The average molecular weight is 397 g/mol. The van der Waals surface area contributed by atoms with Gasteiger partial charge in [0.1, 0.15) is 11.7 Å². The van der Waals surface area contributed by atoms with Crippen LogP contribution in [0.1, 0.15) is 38.2 Å². The number of esters is 2. The summed E-state index contributed by atoms with van der Waals surface area (Å²) in [6, 6.07) is 7.06. The maximum Gasteiger partial charge on any atom is 0.359 e. The molecule has 1 unspecified atom stereocenters. The predicted molar refractivity (Wildman–Crippen MR) is 99.0 cm³/mol. The highest BCUT2D eigenvalue weighted by Gasteiger charge is 2.34. The highest BCUT2D eigenvalue weighted by atomic mass is 35.5. The molecule has 2 aromatic rings. The van der Waals surface area contributed by atoms with Crippen LogP contribution in [-0.4, -0.2) is 44.7 Å². The second-order valence-electron chi connectivity index (χ2n) is 6.51. The van der Waals surface area contributed by atoms with Crippen LogP contribution in [-0.2, 0) is 13.9 Å². The zero-order valence-electron chi connectivity index (χ0n) is 15.3. The van der Waals surface area contributed by atoms with E-state index in [1.54, 1.807) is 24.3 Å². The number of nitrogens with one attached hydrogen (secondary N) is 1. The van der Waals surface area contributed by atoms with Gasteiger partial charge in [-0.1, -0.05) is 23.7 Å². The van der Waals surface area contributed by atoms with Crippen LogP contribution in [0.2, 0.25) is 24.7 Å². The fourth-order valence-electron chi connectivity index (χ4n) is 2.38. The minimum Gasteiger partial charge on any atom is -0.465 e. The van der Waals surface area contributed by atoms with Crippen molar-refractivity contribution in [3.8, 4) is 0 Å². The standard InChI is InChI=1S/C17H21ClN2O5Si/c1-23-16(21)12-13(19-20-14(12)17(22)24-2)15(25-26(3,4)5)10-6-8-11(18)9-7-10/h6-9,15H,1-5H3,(H,19,20). The van der Waals surface area contributed by atoms with Crippen molar-refractivity contribution in [3.63, 3.8) is 0 Å². The molecule has 1 heterocycles. The molecule has 9 heteroatoms. The van der Waals surface area contributed by atoms with Gasteiger partial charge in [-0.3, -0.25) is 5.10 Å². The number of aromatic nitrogens is 2. The number of hydrogen-bond donors (Lipinski definition) is 1. The van der Waals surface area contributed by atoms with Crippen LogP contribution in [0.25, 0.3) is 0 Å². The number of benzene rings is 1. The van der Waals surface area contributed by atoms with E-state index in [4.69, 9.17) is 25.5 Å². The van der Waals surface area contributed by atoms with E-state index in [1.807, 2.05) is 19.6 Å². The second-order valence-corrected chi connectivity index (χ2v) is 11.4. The minimum atomic E-state index is -2.04. The summed E-state index contributed by atoms with van der Waals surface area (Å²) < 4.78 is 15.8. The first kappa shape index (κ1) is 20.2. The molecule has 0 aliphatic rings. The lowest BCUT2D eigenvalue weighted by Gasteiger charge is -2.26. The van der Waals surface area contributed by atoms with Gasteiger partial charge < -0.3 is 13.9 Å². The first-order chi connectivity index (χ1) is 12.2. The van der Waals surface area contributed by atoms with Crippen molar-refractivity contribution in [1.82, 2.24) is 10.2 Å². The Morgan fingerprint density at radius 2 is 1.65 bits per heavy atom. The van der Waals surface area contributed by atoms with Crippen molar-refractivity contribution < 1.29 is 23.5 Å². The Kier molecular flexibility index (Phi) is 6.22. The normalized spacial score (nSPS) is 12.5. The Balaban J connectivity index is 2.64. The largest absolute Gasteiger partial charge is 0.465 e. The number of carbonyl (C=O) groups is 2. The van der Waals surface area contributed by atoms with Gasteiger partial charge in [-0.05, 0) is 37.3 Å². The fraction of sp³-hybridized carbons (Fsp3) is 0.353. The third kappa shape index (κ3) is 4.51. The molecule has 1 aromatic carbocycles. The van der Waals surface area contributed by atoms with E-state index in [1.165, 1.54) is 14.2 Å². The predicted octanol–water partition coefficient (Wildman–Crippen LogP) is 3.58. The van der Waals surface area contributed by atoms with E-state index in [0.29, 0.717) is 10.7 Å². The molecule has 1 atom stereocenters. The monoisotopic (exact) mass is 396 g/mol. The number of hydrogen-bond acceptors (Lipinski definition) is 6. The van der Waals surface area contributed by atoms with Gasteiger partial charge in [0, 0.05) is 5.02 Å². The van der Waals surface area contributed by atoms with Crippen LogP contribution >= 0.6 is 11.6 Å². The molecule has 0 aliphatic carbocycles. The summed E-state index contributed by atoms with van der Waals surface area (Å²) in [5, 5.41) is 7.29. The van der Waals surface area contributed by atoms with E-state index < -0.39 is 26.4 Å². The van der Waals surface area contributed by atoms with Crippen molar-refractivity contribution >= 4 is 31.9 Å². The Labute approximate surface area is 157 Å². The Hall–Kier alpha value is -2.16. The molecule has 0 amide bonds. The van der Waals surface area contributed by atoms with Gasteiger partial charge >= 0.3 is 11.9 Å². The number of carbonyl (C=O) groups excluding carboxylic acids is 2. The number of nitrogens with zero attached hydrogens (tertiary/aromatic N) is 1. The maximum atomic E-state index is 12.3. The first-order valence-corrected chi connectivity index (χ1v) is 11.6. The molecule has 140 valence electrons. The average Bonchev–Trinajstić information content (AvgIpc) is 3.03. The van der Waals surface area contributed by atoms with Gasteiger partial charge in [0.2, 0.25) is 0 Å². The second kappa shape index (κ2) is 8.03. The molecule has 0 radical (unpaired) electrons. The molecule has 0 bridgehead atoms. The molecular weight excluding hydrogens is 376 g/mol. The Bertz CT molecular complexity index is 798. The van der Waals surface area contributed by atoms with E-state index in [2.05, 4.69) is 10.2 Å². The highest BCUT2D eigenvalue weighted by molar-refractivity contribution is 6.69. The number of rotatable bonds is 6. The summed E-state index contributed by atoms with van der Waals surface area (Å²) in [5.74, 6) is -1.44. The zero-order chi connectivity index (χ0) is 19.5. The number of methoxy groups -OCH3 is 2. The molecule has 0 fully saturated rings. The summed E-state index contributed by atoms with van der Waals surface area (Å²) in [6.45, 7) is 6.06. The van der Waals surface area contributed by atoms with Gasteiger partial charge in [-0.2, -0.15) is 5.10 Å². The lowest BCUT2D eigenvalue weighted by atomic mass is 10.0. The first-order valence-electron chi connectivity index (χ1n) is 7.86. The summed E-state index contributed by atoms with van der Waals surface area (Å²) in [5.41, 5.74) is 0.953. The highest BCUT2D eigenvalue weighted by Crippen LogP contribution is 2.32. The summed E-state index contributed by atoms with van der Waals surface area (Å²) >= 11 is 5.98. The molecule has 1 N–H and O–H groups in total. The topological polar surface area (TPSA) is 90.5 Å². The lowest BCUT2D eigenvalue weighted by Crippen LogP contribution is -2.29. The van der Waals surface area contributed by atoms with Crippen molar-refractivity contribution in [2.75, 3.05) is 14.2 Å². The van der Waals surface area contributed by atoms with Crippen molar-refractivity contribution in [3.05, 3.63) is 51.8 Å². The van der Waals surface area contributed by atoms with Crippen molar-refractivity contribution in [2.24, 2.45) is 0 Å². The van der Waals surface area contributed by atoms with E-state index in [-0.39, 0.29) is 11.3 Å². The van der Waals surface area contributed by atoms with Crippen LogP contribution in [0.15, 0.2) is 24.3 Å². The Morgan fingerprint density at radius 3 is 2.15 bits per heavy atom. The van der Waals surface area contributed by atoms with Crippen LogP contribution in [0.3, 0.4) is 0 Å². The summed E-state index contributed by atoms with van der Waals surface area (Å²) in [4.78, 5) is 24.3. The van der Waals surface area contributed by atoms with E-state index in [9.17, 15) is 9.59 Å². The van der Waals surface area contributed by atoms with Gasteiger partial charge in [0.25, 0.3) is 0 Å². The summed E-state index contributed by atoms with van der Waals surface area (Å²) in [6.07, 6.45) is -0.640. The SMILES string of the molecule is COC(=O)c1n[nH]c(C(O[Si](C)(C)C)c2ccc(Cl)cc2)c1C(=O)OC. The number of halogens is 1. The van der Waals surface area contributed by atoms with Crippen LogP contribution in [0, 0.1) is 0 Å². The van der Waals surface area contributed by atoms with Crippen LogP contribution in [0.5, 0.6) is 0 Å². The molecule has 26 heavy (non-hydrogen) atoms. The maximum absolute atomic E-state index is 12.3. The Morgan fingerprint density at radius 1 is 1.08 bits per heavy atom. The van der Waals surface area contributed by atoms with E-state index >= 15 is 0 Å². The molecule has 0 aliphatic heterocycles. The molecule has 1 aromatic heterocycles. The smallest absolute Gasteiger partial charge is 0.359 e. The molecule has 2 rings (SSSR count). The van der Waals surface area contributed by atoms with Crippen LogP contribution in [0.4, 0.5) is 0 Å². The fourth-order valence-corrected chi connectivity index (χ4v) is 3.47. The minimum absolute atomic E-state index is 0.00227. The molecule has 0 saturated heterocycles. The van der Waals surface area contributed by atoms with Crippen LogP contribution < -0.4 is 0 Å². The van der Waals surface area contributed by atoms with Crippen molar-refractivity contribution in [1.29, 1.82) is 0 Å². The lowest BCUT2D eigenvalue weighted by molar-refractivity contribution is 0.0549. The van der Waals surface area contributed by atoms with Gasteiger partial charge in [0.15, 0.2) is 14.0 Å². The number of ether oxygens (including phenoxy) is 2. The molecular formula is C17H21ClN2O5Si. The molecule has 0 saturated carbocycles. The molecule has 7 nitrogen and oxygen atoms in total. The number of aromatic amines is 1. The molecule has 0 spiro atoms. The van der Waals surface area contributed by atoms with Gasteiger partial charge in [-0.25, -0.2) is 9.59 Å². The van der Waals surface area contributed by atoms with Crippen molar-refractivity contribution in [2.45, 2.75) is 25.7 Å². The summed E-state index contributed by atoms with van der Waals surface area (Å²) in [7, 11) is 0.406.